The highest BCUT2D eigenvalue weighted by Gasteiger charge is 2.59. The van der Waals surface area contributed by atoms with E-state index < -0.39 is 67.2 Å². The van der Waals surface area contributed by atoms with Crippen LogP contribution >= 0.6 is 0 Å². The van der Waals surface area contributed by atoms with Crippen molar-refractivity contribution in [2.45, 2.75) is 68.5 Å². The van der Waals surface area contributed by atoms with Gasteiger partial charge in [-0.25, -0.2) is 0 Å². The lowest BCUT2D eigenvalue weighted by atomic mass is 9.98. The van der Waals surface area contributed by atoms with Crippen molar-refractivity contribution in [3.63, 3.8) is 0 Å². The van der Waals surface area contributed by atoms with Crippen LogP contribution in [-0.2, 0) is 23.7 Å². The van der Waals surface area contributed by atoms with Gasteiger partial charge >= 0.3 is 0 Å². The molecule has 3 rings (SSSR count). The summed E-state index contributed by atoms with van der Waals surface area (Å²) in [5.41, 5.74) is 0. The van der Waals surface area contributed by atoms with E-state index in [1.807, 2.05) is 0 Å². The molecule has 3 aliphatic heterocycles. The molecule has 0 aromatic rings. The van der Waals surface area contributed by atoms with E-state index >= 15 is 0 Å². The predicted molar refractivity (Wildman–Crippen MR) is 86.9 cm³/mol. The summed E-state index contributed by atoms with van der Waals surface area (Å²) >= 11 is 0. The Balaban J connectivity index is 1.81. The summed E-state index contributed by atoms with van der Waals surface area (Å²) in [7, 11) is 3.09. The number of hydrogen-bond acceptors (Lipinski definition) is 9. The maximum atomic E-state index is 12.6. The van der Waals surface area contributed by atoms with Crippen LogP contribution < -0.4 is 5.32 Å². The van der Waals surface area contributed by atoms with E-state index in [0.717, 1.165) is 0 Å². The minimum atomic E-state index is -1.25. The lowest BCUT2D eigenvalue weighted by Crippen LogP contribution is -2.57. The standard InChI is InChI=1S/C16H28N2O8/c1-16(2)25-12-11(24-15(23-4)13(12)26-16)10(21)9-14(22)17-7(6-19)8(20)5-18(9)3/h7-13,15,19-21H,5-6H2,1-4H3,(H,17,22)/t7-,8+,9-,10-,11-,12-,13-,15-/m1/s1. The molecule has 0 spiro atoms. The molecular weight excluding hydrogens is 348 g/mol. The number of aliphatic hydroxyl groups is 3. The first kappa shape index (κ1) is 19.9. The molecule has 3 saturated heterocycles. The molecule has 0 radical (unpaired) electrons. The van der Waals surface area contributed by atoms with E-state index in [1.54, 1.807) is 25.8 Å². The maximum absolute atomic E-state index is 12.6. The van der Waals surface area contributed by atoms with Gasteiger partial charge in [-0.3, -0.25) is 9.69 Å². The van der Waals surface area contributed by atoms with Crippen LogP contribution in [0.15, 0.2) is 0 Å². The normalized spacial score (nSPS) is 44.4. The number of ether oxygens (including phenoxy) is 4. The highest BCUT2D eigenvalue weighted by Crippen LogP contribution is 2.40. The van der Waals surface area contributed by atoms with Gasteiger partial charge in [0.05, 0.1) is 18.8 Å². The fourth-order valence-corrected chi connectivity index (χ4v) is 3.92. The van der Waals surface area contributed by atoms with E-state index in [4.69, 9.17) is 18.9 Å². The minimum Gasteiger partial charge on any atom is -0.394 e. The Morgan fingerprint density at radius 2 is 2.04 bits per heavy atom. The van der Waals surface area contributed by atoms with Gasteiger partial charge in [0.2, 0.25) is 5.91 Å². The molecule has 26 heavy (non-hydrogen) atoms. The third-order valence-electron chi connectivity index (χ3n) is 5.15. The van der Waals surface area contributed by atoms with Crippen molar-refractivity contribution >= 4 is 5.91 Å². The van der Waals surface area contributed by atoms with Crippen LogP contribution in [-0.4, -0.2) is 108 Å². The molecule has 150 valence electrons. The Morgan fingerprint density at radius 1 is 1.38 bits per heavy atom. The maximum Gasteiger partial charge on any atom is 0.240 e. The molecular formula is C16H28N2O8. The largest absolute Gasteiger partial charge is 0.394 e. The quantitative estimate of drug-likeness (QED) is 0.417. The van der Waals surface area contributed by atoms with Crippen LogP contribution in [0.1, 0.15) is 13.8 Å². The number of amides is 1. The zero-order valence-corrected chi connectivity index (χ0v) is 15.4. The topological polar surface area (TPSA) is 130 Å². The van der Waals surface area contributed by atoms with Crippen molar-refractivity contribution in [2.75, 3.05) is 27.3 Å². The van der Waals surface area contributed by atoms with Gasteiger partial charge in [-0.05, 0) is 20.9 Å². The Kier molecular flexibility index (Phi) is 5.58. The average Bonchev–Trinajstić information content (AvgIpc) is 3.00. The minimum absolute atomic E-state index is 0.100. The highest BCUT2D eigenvalue weighted by atomic mass is 16.8. The van der Waals surface area contributed by atoms with Crippen LogP contribution in [0.25, 0.3) is 0 Å². The Morgan fingerprint density at radius 3 is 2.65 bits per heavy atom. The highest BCUT2D eigenvalue weighted by molar-refractivity contribution is 5.83. The predicted octanol–water partition coefficient (Wildman–Crippen LogP) is -2.61. The number of aliphatic hydroxyl groups excluding tert-OH is 3. The molecule has 10 heteroatoms. The summed E-state index contributed by atoms with van der Waals surface area (Å²) in [6.45, 7) is 3.22. The number of carbonyl (C=O) groups excluding carboxylic acids is 1. The van der Waals surface area contributed by atoms with E-state index in [9.17, 15) is 20.1 Å². The van der Waals surface area contributed by atoms with Gasteiger partial charge in [0.15, 0.2) is 12.1 Å². The second-order valence-corrected chi connectivity index (χ2v) is 7.51. The fourth-order valence-electron chi connectivity index (χ4n) is 3.92. The molecule has 3 heterocycles. The van der Waals surface area contributed by atoms with Crippen molar-refractivity contribution in [1.82, 2.24) is 10.2 Å². The van der Waals surface area contributed by atoms with Gasteiger partial charge < -0.3 is 39.6 Å². The molecule has 8 atom stereocenters. The van der Waals surface area contributed by atoms with Crippen molar-refractivity contribution in [1.29, 1.82) is 0 Å². The number of fused-ring (bicyclic) bond motifs is 1. The molecule has 0 aliphatic carbocycles. The van der Waals surface area contributed by atoms with Crippen LogP contribution in [0, 0.1) is 0 Å². The Hall–Kier alpha value is -0.850. The first-order valence-electron chi connectivity index (χ1n) is 8.70. The fraction of sp³-hybridized carbons (Fsp3) is 0.938. The molecule has 0 saturated carbocycles. The number of likely N-dealkylation sites (N-methyl/N-ethyl adjacent to an activating group) is 1. The van der Waals surface area contributed by atoms with Crippen LogP contribution in [0.2, 0.25) is 0 Å². The van der Waals surface area contributed by atoms with Crippen LogP contribution in [0.5, 0.6) is 0 Å². The molecule has 3 fully saturated rings. The van der Waals surface area contributed by atoms with Gasteiger partial charge in [-0.1, -0.05) is 0 Å². The van der Waals surface area contributed by atoms with Crippen molar-refractivity contribution in [3.05, 3.63) is 0 Å². The number of carbonyl (C=O) groups is 1. The lowest BCUT2D eigenvalue weighted by molar-refractivity contribution is -0.239. The second kappa shape index (κ2) is 7.28. The molecule has 0 aromatic heterocycles. The summed E-state index contributed by atoms with van der Waals surface area (Å²) < 4.78 is 22.7. The van der Waals surface area contributed by atoms with Crippen molar-refractivity contribution in [3.8, 4) is 0 Å². The summed E-state index contributed by atoms with van der Waals surface area (Å²) in [6, 6.07) is -1.79. The van der Waals surface area contributed by atoms with Crippen LogP contribution in [0.4, 0.5) is 0 Å². The van der Waals surface area contributed by atoms with E-state index in [-0.39, 0.29) is 6.54 Å². The van der Waals surface area contributed by atoms with Gasteiger partial charge in [0, 0.05) is 13.7 Å². The second-order valence-electron chi connectivity index (χ2n) is 7.51. The third kappa shape index (κ3) is 3.48. The molecule has 0 aromatic carbocycles. The third-order valence-corrected chi connectivity index (χ3v) is 5.15. The molecule has 1 amide bonds. The molecule has 3 aliphatic rings. The molecule has 4 N–H and O–H groups in total. The number of nitrogens with one attached hydrogen (secondary N) is 1. The van der Waals surface area contributed by atoms with Gasteiger partial charge in [-0.2, -0.15) is 0 Å². The first-order chi connectivity index (χ1) is 12.2. The van der Waals surface area contributed by atoms with E-state index in [1.165, 1.54) is 7.11 Å². The average molecular weight is 376 g/mol. The molecule has 0 unspecified atom stereocenters. The number of rotatable bonds is 4. The molecule has 0 bridgehead atoms. The van der Waals surface area contributed by atoms with Crippen LogP contribution in [0.3, 0.4) is 0 Å². The monoisotopic (exact) mass is 376 g/mol. The SMILES string of the molecule is CO[C@@H]1O[C@H]([C@H](O)[C@@H]2C(=O)N[C@H](CO)[C@@H](O)CN2C)[C@H]2OC(C)(C)O[C@@H]12. The number of hydrogen-bond donors (Lipinski definition) is 4. The summed E-state index contributed by atoms with van der Waals surface area (Å²) in [5.74, 6) is -1.36. The van der Waals surface area contributed by atoms with Gasteiger partial charge in [-0.15, -0.1) is 0 Å². The summed E-state index contributed by atoms with van der Waals surface area (Å²) in [5, 5.41) is 33.0. The number of methoxy groups -OCH3 is 1. The molecule has 10 nitrogen and oxygen atoms in total. The Bertz CT molecular complexity index is 532. The van der Waals surface area contributed by atoms with Crippen molar-refractivity contribution < 1.29 is 39.1 Å². The van der Waals surface area contributed by atoms with Crippen molar-refractivity contribution in [2.24, 2.45) is 0 Å². The van der Waals surface area contributed by atoms with Gasteiger partial charge in [0.25, 0.3) is 0 Å². The lowest BCUT2D eigenvalue weighted by Gasteiger charge is -2.33. The summed E-state index contributed by atoms with van der Waals surface area (Å²) in [4.78, 5) is 14.2. The van der Waals surface area contributed by atoms with E-state index in [2.05, 4.69) is 5.32 Å². The zero-order valence-electron chi connectivity index (χ0n) is 15.4. The zero-order chi connectivity index (χ0) is 19.2. The number of nitrogens with zero attached hydrogens (tertiary/aromatic N) is 1. The first-order valence-corrected chi connectivity index (χ1v) is 8.70. The smallest absolute Gasteiger partial charge is 0.240 e. The Labute approximate surface area is 152 Å². The summed E-state index contributed by atoms with van der Waals surface area (Å²) in [6.07, 6.45) is -4.92. The number of β-amino-alcohol motifs (C(OH)–C–C–N with tert-alkyl or cyclic N) is 1. The van der Waals surface area contributed by atoms with Gasteiger partial charge in [0.1, 0.15) is 30.5 Å². The van der Waals surface area contributed by atoms with E-state index in [0.29, 0.717) is 0 Å².